The van der Waals surface area contributed by atoms with Crippen molar-refractivity contribution < 1.29 is 14.3 Å². The molecule has 1 N–H and O–H groups in total. The minimum atomic E-state index is -0.724. The third kappa shape index (κ3) is 4.73. The lowest BCUT2D eigenvalue weighted by molar-refractivity contribution is -0.134. The first-order chi connectivity index (χ1) is 14.3. The predicted octanol–water partition coefficient (Wildman–Crippen LogP) is 3.76. The van der Waals surface area contributed by atoms with Gasteiger partial charge in [0, 0.05) is 29.3 Å². The van der Waals surface area contributed by atoms with Crippen LogP contribution in [0.4, 0.5) is 4.79 Å². The maximum Gasteiger partial charge on any atom is 0.407 e. The van der Waals surface area contributed by atoms with E-state index in [4.69, 9.17) is 0 Å². The van der Waals surface area contributed by atoms with Gasteiger partial charge in [0.2, 0.25) is 5.91 Å². The van der Waals surface area contributed by atoms with Crippen LogP contribution in [0.5, 0.6) is 0 Å². The minimum absolute atomic E-state index is 0.125. The second kappa shape index (κ2) is 9.43. The molecule has 2 amide bonds. The van der Waals surface area contributed by atoms with E-state index in [0.29, 0.717) is 19.4 Å². The van der Waals surface area contributed by atoms with E-state index < -0.39 is 12.1 Å². The quantitative estimate of drug-likeness (QED) is 0.705. The Balaban J connectivity index is 1.78. The van der Waals surface area contributed by atoms with Gasteiger partial charge in [-0.15, -0.1) is 0 Å². The number of amides is 2. The number of nitrogens with one attached hydrogen (secondary N) is 1. The summed E-state index contributed by atoms with van der Waals surface area (Å²) in [7, 11) is 1.27. The lowest BCUT2D eigenvalue weighted by Crippen LogP contribution is -2.53. The van der Waals surface area contributed by atoms with Gasteiger partial charge in [0.05, 0.1) is 25.1 Å². The first kappa shape index (κ1) is 22.0. The monoisotopic (exact) mass is 472 g/mol. The molecule has 1 aromatic rings. The molecule has 0 radical (unpaired) electrons. The van der Waals surface area contributed by atoms with Crippen molar-refractivity contribution in [2.45, 2.75) is 38.8 Å². The number of methoxy groups -OCH3 is 1. The second-order valence-electron chi connectivity index (χ2n) is 7.88. The maximum atomic E-state index is 13.3. The molecule has 7 nitrogen and oxygen atoms in total. The summed E-state index contributed by atoms with van der Waals surface area (Å²) in [4.78, 5) is 31.4. The molecule has 0 saturated carbocycles. The summed E-state index contributed by atoms with van der Waals surface area (Å²) in [6, 6.07) is 9.33. The van der Waals surface area contributed by atoms with E-state index in [-0.39, 0.29) is 23.8 Å². The molecule has 3 atom stereocenters. The Morgan fingerprint density at radius 3 is 2.63 bits per heavy atom. The molecular formula is C22H25BrN4O3. The zero-order valence-corrected chi connectivity index (χ0v) is 18.8. The van der Waals surface area contributed by atoms with Gasteiger partial charge in [-0.05, 0) is 35.6 Å². The molecule has 1 fully saturated rings. The topological polar surface area (TPSA) is 94.8 Å². The standard InChI is InChI=1S/C22H25BrN4O3/c1-13(2)20(26-22(29)30-3)21(28)27-12-14(10-24)8-19(27)18-9-16(11-25-18)15-4-6-17(23)7-5-15/h4-7,11,13-14,19-20H,8-9,12H2,1-3H3,(H,26,29)/t14-,19+,20+/m1/s1. The molecule has 30 heavy (non-hydrogen) atoms. The minimum Gasteiger partial charge on any atom is -0.453 e. The van der Waals surface area contributed by atoms with E-state index in [1.165, 1.54) is 7.11 Å². The van der Waals surface area contributed by atoms with Crippen molar-refractivity contribution in [3.05, 3.63) is 40.5 Å². The van der Waals surface area contributed by atoms with Gasteiger partial charge >= 0.3 is 6.09 Å². The molecule has 2 aliphatic heterocycles. The highest BCUT2D eigenvalue weighted by Gasteiger charge is 2.42. The first-order valence-corrected chi connectivity index (χ1v) is 10.7. The Bertz CT molecular complexity index is 917. The van der Waals surface area contributed by atoms with Crippen molar-refractivity contribution in [3.8, 4) is 6.07 Å². The fraction of sp³-hybridized carbons (Fsp3) is 0.455. The number of nitrogens with zero attached hydrogens (tertiary/aromatic N) is 3. The largest absolute Gasteiger partial charge is 0.453 e. The summed E-state index contributed by atoms with van der Waals surface area (Å²) >= 11 is 3.44. The van der Waals surface area contributed by atoms with Crippen LogP contribution in [0.2, 0.25) is 0 Å². The number of benzene rings is 1. The molecule has 0 aromatic heterocycles. The van der Waals surface area contributed by atoms with Crippen molar-refractivity contribution >= 4 is 39.2 Å². The van der Waals surface area contributed by atoms with Crippen molar-refractivity contribution in [2.24, 2.45) is 16.8 Å². The van der Waals surface area contributed by atoms with Gasteiger partial charge in [-0.3, -0.25) is 9.79 Å². The molecule has 1 saturated heterocycles. The summed E-state index contributed by atoms with van der Waals surface area (Å²) in [6.45, 7) is 4.07. The molecule has 0 unspecified atom stereocenters. The van der Waals surface area contributed by atoms with Crippen LogP contribution in [0, 0.1) is 23.2 Å². The van der Waals surface area contributed by atoms with Crippen LogP contribution in [0.1, 0.15) is 32.3 Å². The molecule has 8 heteroatoms. The van der Waals surface area contributed by atoms with Gasteiger partial charge in [-0.2, -0.15) is 5.26 Å². The summed E-state index contributed by atoms with van der Waals surface area (Å²) in [5.74, 6) is -0.595. The Morgan fingerprint density at radius 1 is 1.33 bits per heavy atom. The van der Waals surface area contributed by atoms with Crippen molar-refractivity contribution in [1.29, 1.82) is 5.26 Å². The highest BCUT2D eigenvalue weighted by atomic mass is 79.9. The van der Waals surface area contributed by atoms with E-state index in [0.717, 1.165) is 21.3 Å². The molecule has 2 heterocycles. The predicted molar refractivity (Wildman–Crippen MR) is 118 cm³/mol. The number of rotatable bonds is 5. The van der Waals surface area contributed by atoms with Gasteiger partial charge < -0.3 is 15.0 Å². The molecular weight excluding hydrogens is 448 g/mol. The molecule has 3 rings (SSSR count). The number of allylic oxidation sites excluding steroid dienone is 1. The number of aliphatic imine (C=N–C) groups is 1. The third-order valence-electron chi connectivity index (χ3n) is 5.52. The number of carbonyl (C=O) groups is 2. The Hall–Kier alpha value is -2.66. The smallest absolute Gasteiger partial charge is 0.407 e. The molecule has 158 valence electrons. The Labute approximate surface area is 184 Å². The Morgan fingerprint density at radius 2 is 2.03 bits per heavy atom. The summed E-state index contributed by atoms with van der Waals surface area (Å²) in [6.07, 6.45) is 2.37. The third-order valence-corrected chi connectivity index (χ3v) is 6.04. The van der Waals surface area contributed by atoms with Crippen LogP contribution >= 0.6 is 15.9 Å². The lowest BCUT2D eigenvalue weighted by Gasteiger charge is -2.31. The molecule has 1 aromatic carbocycles. The van der Waals surface area contributed by atoms with Crippen LogP contribution in [-0.2, 0) is 9.53 Å². The summed E-state index contributed by atoms with van der Waals surface area (Å²) in [5.41, 5.74) is 3.04. The number of likely N-dealkylation sites (tertiary alicyclic amines) is 1. The first-order valence-electron chi connectivity index (χ1n) is 9.90. The SMILES string of the molecule is COC(=O)N[C@H](C(=O)N1C[C@@H](C#N)C[C@H]1C1=NC=C(c2ccc(Br)cc2)C1)C(C)C. The molecule has 0 bridgehead atoms. The van der Waals surface area contributed by atoms with Gasteiger partial charge in [0.25, 0.3) is 0 Å². The highest BCUT2D eigenvalue weighted by molar-refractivity contribution is 9.10. The fourth-order valence-electron chi connectivity index (χ4n) is 3.86. The molecule has 0 aliphatic carbocycles. The van der Waals surface area contributed by atoms with Crippen LogP contribution in [-0.4, -0.2) is 48.4 Å². The zero-order chi connectivity index (χ0) is 21.8. The van der Waals surface area contributed by atoms with Crippen LogP contribution in [0.3, 0.4) is 0 Å². The van der Waals surface area contributed by atoms with Crippen molar-refractivity contribution in [3.63, 3.8) is 0 Å². The van der Waals surface area contributed by atoms with Crippen molar-refractivity contribution in [2.75, 3.05) is 13.7 Å². The van der Waals surface area contributed by atoms with Gasteiger partial charge in [0.15, 0.2) is 0 Å². The van der Waals surface area contributed by atoms with Gasteiger partial charge in [-0.1, -0.05) is 41.9 Å². The number of hydrogen-bond acceptors (Lipinski definition) is 5. The fourth-order valence-corrected chi connectivity index (χ4v) is 4.12. The number of halogens is 1. The van der Waals surface area contributed by atoms with Crippen LogP contribution in [0.25, 0.3) is 5.57 Å². The van der Waals surface area contributed by atoms with E-state index in [1.807, 2.05) is 44.3 Å². The number of nitriles is 1. The summed E-state index contributed by atoms with van der Waals surface area (Å²) < 4.78 is 5.68. The summed E-state index contributed by atoms with van der Waals surface area (Å²) in [5, 5.41) is 12.1. The van der Waals surface area contributed by atoms with Gasteiger partial charge in [0.1, 0.15) is 6.04 Å². The maximum absolute atomic E-state index is 13.3. The number of alkyl carbamates (subject to hydrolysis) is 1. The normalized spacial score (nSPS) is 21.7. The highest BCUT2D eigenvalue weighted by Crippen LogP contribution is 2.32. The lowest BCUT2D eigenvalue weighted by atomic mass is 9.96. The van der Waals surface area contributed by atoms with E-state index in [2.05, 4.69) is 37.0 Å². The number of ether oxygens (including phenoxy) is 1. The van der Waals surface area contributed by atoms with E-state index >= 15 is 0 Å². The van der Waals surface area contributed by atoms with E-state index in [9.17, 15) is 14.9 Å². The molecule has 2 aliphatic rings. The Kier molecular flexibility index (Phi) is 6.93. The van der Waals surface area contributed by atoms with Crippen molar-refractivity contribution in [1.82, 2.24) is 10.2 Å². The molecule has 0 spiro atoms. The average molecular weight is 473 g/mol. The van der Waals surface area contributed by atoms with Crippen LogP contribution in [0.15, 0.2) is 39.9 Å². The van der Waals surface area contributed by atoms with Crippen LogP contribution < -0.4 is 5.32 Å². The number of carbonyl (C=O) groups excluding carboxylic acids is 2. The number of hydrogen-bond donors (Lipinski definition) is 1. The zero-order valence-electron chi connectivity index (χ0n) is 17.3. The second-order valence-corrected chi connectivity index (χ2v) is 8.80. The average Bonchev–Trinajstić information content (AvgIpc) is 3.38. The van der Waals surface area contributed by atoms with E-state index in [1.54, 1.807) is 4.90 Å². The van der Waals surface area contributed by atoms with Gasteiger partial charge in [-0.25, -0.2) is 4.79 Å².